The van der Waals surface area contributed by atoms with Crippen molar-refractivity contribution in [3.05, 3.63) is 37.9 Å². The minimum absolute atomic E-state index is 0.545. The van der Waals surface area contributed by atoms with Crippen molar-refractivity contribution in [1.82, 2.24) is 4.57 Å². The predicted octanol–water partition coefficient (Wildman–Crippen LogP) is 4.33. The van der Waals surface area contributed by atoms with Gasteiger partial charge in [-0.25, -0.2) is 0 Å². The van der Waals surface area contributed by atoms with Crippen LogP contribution in [0.5, 0.6) is 0 Å². The summed E-state index contributed by atoms with van der Waals surface area (Å²) < 4.78 is 1.97. The van der Waals surface area contributed by atoms with Crippen molar-refractivity contribution in [2.45, 2.75) is 20.4 Å². The highest BCUT2D eigenvalue weighted by Crippen LogP contribution is 2.30. The van der Waals surface area contributed by atoms with Crippen LogP contribution in [0.4, 0.5) is 0 Å². The highest BCUT2D eigenvalue weighted by Gasteiger charge is 2.11. The van der Waals surface area contributed by atoms with Gasteiger partial charge in [-0.3, -0.25) is 5.41 Å². The Morgan fingerprint density at radius 3 is 2.59 bits per heavy atom. The van der Waals surface area contributed by atoms with Crippen LogP contribution in [0.15, 0.2) is 18.2 Å². The zero-order chi connectivity index (χ0) is 12.6. The summed E-state index contributed by atoms with van der Waals surface area (Å²) in [5, 5.41) is 9.00. The molecular formula is C12H12Cl2N2S. The number of nitrogens with zero attached hydrogens (tertiary/aromatic N) is 1. The van der Waals surface area contributed by atoms with E-state index in [1.54, 1.807) is 6.07 Å². The molecule has 1 aromatic carbocycles. The van der Waals surface area contributed by atoms with E-state index in [0.717, 1.165) is 22.7 Å². The van der Waals surface area contributed by atoms with Crippen LogP contribution in [-0.4, -0.2) is 4.57 Å². The molecule has 0 saturated carbocycles. The fourth-order valence-corrected chi connectivity index (χ4v) is 3.09. The first-order valence-electron chi connectivity index (χ1n) is 5.24. The minimum atomic E-state index is 0.545. The third-order valence-electron chi connectivity index (χ3n) is 2.61. The summed E-state index contributed by atoms with van der Waals surface area (Å²) in [7, 11) is 0. The van der Waals surface area contributed by atoms with Crippen molar-refractivity contribution in [3.8, 4) is 11.3 Å². The fraction of sp³-hybridized carbons (Fsp3) is 0.250. The van der Waals surface area contributed by atoms with Crippen molar-refractivity contribution in [2.75, 3.05) is 0 Å². The lowest BCUT2D eigenvalue weighted by molar-refractivity contribution is 0.734. The maximum atomic E-state index is 7.90. The minimum Gasteiger partial charge on any atom is -0.317 e. The number of benzene rings is 1. The van der Waals surface area contributed by atoms with E-state index in [0.29, 0.717) is 14.8 Å². The summed E-state index contributed by atoms with van der Waals surface area (Å²) in [4.78, 5) is 1.68. The first-order chi connectivity index (χ1) is 8.04. The number of rotatable bonds is 2. The highest BCUT2D eigenvalue weighted by molar-refractivity contribution is 7.09. The normalized spacial score (nSPS) is 10.8. The van der Waals surface area contributed by atoms with Crippen molar-refractivity contribution < 1.29 is 0 Å². The molecule has 1 aromatic heterocycles. The summed E-state index contributed by atoms with van der Waals surface area (Å²) in [5.41, 5.74) is 2.06. The van der Waals surface area contributed by atoms with Gasteiger partial charge in [0.25, 0.3) is 0 Å². The number of aromatic nitrogens is 1. The Labute approximate surface area is 114 Å². The van der Waals surface area contributed by atoms with Crippen LogP contribution in [0, 0.1) is 12.3 Å². The van der Waals surface area contributed by atoms with Gasteiger partial charge in [0.05, 0.1) is 15.7 Å². The molecule has 0 aliphatic heterocycles. The van der Waals surface area contributed by atoms with Gasteiger partial charge in [-0.05, 0) is 26.0 Å². The third-order valence-corrected chi connectivity index (χ3v) is 4.26. The molecule has 2 aromatic rings. The molecule has 17 heavy (non-hydrogen) atoms. The summed E-state index contributed by atoms with van der Waals surface area (Å²) in [6, 6.07) is 5.58. The second kappa shape index (κ2) is 4.84. The molecule has 0 bridgehead atoms. The van der Waals surface area contributed by atoms with Crippen molar-refractivity contribution in [1.29, 1.82) is 5.41 Å². The lowest BCUT2D eigenvalue weighted by atomic mass is 10.1. The zero-order valence-electron chi connectivity index (χ0n) is 9.55. The predicted molar refractivity (Wildman–Crippen MR) is 74.0 cm³/mol. The highest BCUT2D eigenvalue weighted by atomic mass is 35.5. The van der Waals surface area contributed by atoms with Gasteiger partial charge in [-0.2, -0.15) is 0 Å². The molecule has 90 valence electrons. The van der Waals surface area contributed by atoms with Crippen LogP contribution in [-0.2, 0) is 6.54 Å². The van der Waals surface area contributed by atoms with E-state index in [2.05, 4.69) is 0 Å². The van der Waals surface area contributed by atoms with Crippen molar-refractivity contribution >= 4 is 34.5 Å². The van der Waals surface area contributed by atoms with Crippen LogP contribution in [0.2, 0.25) is 10.0 Å². The largest absolute Gasteiger partial charge is 0.317 e. The van der Waals surface area contributed by atoms with E-state index in [-0.39, 0.29) is 0 Å². The van der Waals surface area contributed by atoms with Gasteiger partial charge < -0.3 is 4.57 Å². The molecule has 2 rings (SSSR count). The molecular weight excluding hydrogens is 275 g/mol. The van der Waals surface area contributed by atoms with Crippen LogP contribution >= 0.6 is 34.5 Å². The molecule has 0 saturated heterocycles. The molecule has 0 aliphatic rings. The smallest absolute Gasteiger partial charge is 0.182 e. The average molecular weight is 287 g/mol. The van der Waals surface area contributed by atoms with Crippen molar-refractivity contribution in [3.63, 3.8) is 0 Å². The van der Waals surface area contributed by atoms with Gasteiger partial charge in [0.1, 0.15) is 0 Å². The lowest BCUT2D eigenvalue weighted by Crippen LogP contribution is -2.12. The Hall–Kier alpha value is -0.770. The molecule has 0 atom stereocenters. The van der Waals surface area contributed by atoms with E-state index in [1.807, 2.05) is 30.5 Å². The second-order valence-corrected chi connectivity index (χ2v) is 5.70. The van der Waals surface area contributed by atoms with E-state index in [4.69, 9.17) is 28.6 Å². The van der Waals surface area contributed by atoms with E-state index in [1.165, 1.54) is 11.3 Å². The van der Waals surface area contributed by atoms with Crippen LogP contribution in [0.25, 0.3) is 11.3 Å². The average Bonchev–Trinajstić information content (AvgIpc) is 2.57. The molecule has 0 aliphatic carbocycles. The Bertz CT molecular complexity index is 613. The van der Waals surface area contributed by atoms with E-state index in [9.17, 15) is 0 Å². The number of nitrogens with one attached hydrogen (secondary N) is 1. The maximum Gasteiger partial charge on any atom is 0.182 e. The summed E-state index contributed by atoms with van der Waals surface area (Å²) in [6.45, 7) is 4.83. The summed E-state index contributed by atoms with van der Waals surface area (Å²) >= 11 is 13.4. The quantitative estimate of drug-likeness (QED) is 0.851. The molecule has 1 heterocycles. The fourth-order valence-electron chi connectivity index (χ4n) is 1.84. The monoisotopic (exact) mass is 286 g/mol. The number of aryl methyl sites for hydroxylation is 1. The van der Waals surface area contributed by atoms with Gasteiger partial charge in [-0.15, -0.1) is 11.3 Å². The third kappa shape index (κ3) is 2.28. The Kier molecular flexibility index (Phi) is 3.61. The van der Waals surface area contributed by atoms with Crippen LogP contribution in [0.3, 0.4) is 0 Å². The number of halogens is 2. The van der Waals surface area contributed by atoms with Crippen LogP contribution < -0.4 is 4.80 Å². The van der Waals surface area contributed by atoms with Gasteiger partial charge in [-0.1, -0.05) is 29.3 Å². The van der Waals surface area contributed by atoms with E-state index >= 15 is 0 Å². The molecule has 0 amide bonds. The molecule has 5 heteroatoms. The lowest BCUT2D eigenvalue weighted by Gasteiger charge is -2.08. The van der Waals surface area contributed by atoms with E-state index < -0.39 is 0 Å². The Morgan fingerprint density at radius 2 is 2.00 bits per heavy atom. The standard InChI is InChI=1S/C12H12Cl2N2S/c1-3-16-11(7(2)17-12(16)15)8-4-5-9(13)10(14)6-8/h4-6,15H,3H2,1-2H3. The van der Waals surface area contributed by atoms with Gasteiger partial charge >= 0.3 is 0 Å². The topological polar surface area (TPSA) is 28.8 Å². The van der Waals surface area contributed by atoms with Gasteiger partial charge in [0.2, 0.25) is 0 Å². The Morgan fingerprint density at radius 1 is 1.29 bits per heavy atom. The Balaban J connectivity index is 2.67. The maximum absolute atomic E-state index is 7.90. The first-order valence-corrected chi connectivity index (χ1v) is 6.82. The zero-order valence-corrected chi connectivity index (χ0v) is 11.9. The van der Waals surface area contributed by atoms with Crippen molar-refractivity contribution in [2.24, 2.45) is 0 Å². The number of hydrogen-bond donors (Lipinski definition) is 1. The SMILES string of the molecule is CCn1c(-c2ccc(Cl)c(Cl)c2)c(C)sc1=N. The first kappa shape index (κ1) is 12.7. The molecule has 0 radical (unpaired) electrons. The van der Waals surface area contributed by atoms with Gasteiger partial charge in [0.15, 0.2) is 4.80 Å². The van der Waals surface area contributed by atoms with Gasteiger partial charge in [0, 0.05) is 17.0 Å². The number of thiazole rings is 1. The second-order valence-electron chi connectivity index (χ2n) is 3.69. The molecule has 0 fully saturated rings. The van der Waals surface area contributed by atoms with Crippen LogP contribution in [0.1, 0.15) is 11.8 Å². The summed E-state index contributed by atoms with van der Waals surface area (Å²) in [5.74, 6) is 0. The molecule has 0 unspecified atom stereocenters. The molecule has 2 nitrogen and oxygen atoms in total. The summed E-state index contributed by atoms with van der Waals surface area (Å²) in [6.07, 6.45) is 0. The molecule has 0 spiro atoms. The number of hydrogen-bond acceptors (Lipinski definition) is 2. The molecule has 1 N–H and O–H groups in total.